The van der Waals surface area contributed by atoms with Crippen molar-refractivity contribution in [2.24, 2.45) is 0 Å². The first-order chi connectivity index (χ1) is 18.7. The standard InChI is InChI=1S/C28H30N4O5S2.ClH/c1-30(2)17-18-31(28-29-25-23(36-3)13-14-24(37-4)26(25)38-28)27(33)20-9-11-21(12-10-20)39(34,35)32-16-15-19-7-5-6-8-22(19)32;/h5-14H,15-18H2,1-4H3;1H. The van der Waals surface area contributed by atoms with E-state index >= 15 is 0 Å². The van der Waals surface area contributed by atoms with E-state index in [0.717, 1.165) is 10.3 Å². The van der Waals surface area contributed by atoms with Crippen LogP contribution in [0, 0.1) is 0 Å². The molecular formula is C28H31ClN4O5S2. The van der Waals surface area contributed by atoms with E-state index in [-0.39, 0.29) is 23.2 Å². The lowest BCUT2D eigenvalue weighted by molar-refractivity contribution is 0.0985. The third-order valence-electron chi connectivity index (χ3n) is 6.68. The molecule has 1 aliphatic rings. The number of thiazole rings is 1. The maximum absolute atomic E-state index is 13.8. The summed E-state index contributed by atoms with van der Waals surface area (Å²) in [6.45, 7) is 1.39. The van der Waals surface area contributed by atoms with Gasteiger partial charge in [0, 0.05) is 25.2 Å². The Balaban J connectivity index is 0.00000370. The van der Waals surface area contributed by atoms with E-state index in [9.17, 15) is 13.2 Å². The van der Waals surface area contributed by atoms with Crippen molar-refractivity contribution in [1.82, 2.24) is 9.88 Å². The number of ether oxygens (including phenoxy) is 2. The minimum absolute atomic E-state index is 0. The average molecular weight is 603 g/mol. The molecule has 3 aromatic carbocycles. The number of methoxy groups -OCH3 is 2. The average Bonchev–Trinajstić information content (AvgIpc) is 3.58. The smallest absolute Gasteiger partial charge is 0.264 e. The van der Waals surface area contributed by atoms with Crippen LogP contribution in [0.25, 0.3) is 10.2 Å². The van der Waals surface area contributed by atoms with Gasteiger partial charge < -0.3 is 14.4 Å². The molecule has 0 aliphatic carbocycles. The normalized spacial score (nSPS) is 12.8. The number of rotatable bonds is 9. The molecule has 5 rings (SSSR count). The Labute approximate surface area is 244 Å². The first kappa shape index (κ1) is 29.6. The van der Waals surface area contributed by atoms with Gasteiger partial charge in [0.1, 0.15) is 21.7 Å². The molecule has 4 aromatic rings. The summed E-state index contributed by atoms with van der Waals surface area (Å²) in [4.78, 5) is 22.3. The highest BCUT2D eigenvalue weighted by molar-refractivity contribution is 7.92. The molecule has 2 heterocycles. The lowest BCUT2D eigenvalue weighted by Gasteiger charge is -2.22. The summed E-state index contributed by atoms with van der Waals surface area (Å²) >= 11 is 1.35. The highest BCUT2D eigenvalue weighted by Crippen LogP contribution is 2.40. The Morgan fingerprint density at radius 1 is 0.975 bits per heavy atom. The first-order valence-corrected chi connectivity index (χ1v) is 14.7. The summed E-state index contributed by atoms with van der Waals surface area (Å²) in [5.74, 6) is 0.961. The van der Waals surface area contributed by atoms with E-state index in [1.54, 1.807) is 37.3 Å². The molecular weight excluding hydrogens is 572 g/mol. The van der Waals surface area contributed by atoms with Crippen LogP contribution in [0.15, 0.2) is 65.6 Å². The number of carbonyl (C=O) groups is 1. The molecule has 1 amide bonds. The van der Waals surface area contributed by atoms with Gasteiger partial charge in [0.15, 0.2) is 5.13 Å². The number of fused-ring (bicyclic) bond motifs is 2. The van der Waals surface area contributed by atoms with E-state index < -0.39 is 10.0 Å². The Bertz CT molecular complexity index is 1580. The fourth-order valence-corrected chi connectivity index (χ4v) is 7.19. The second-order valence-corrected chi connectivity index (χ2v) is 12.2. The van der Waals surface area contributed by atoms with Gasteiger partial charge in [-0.25, -0.2) is 13.4 Å². The number of aromatic nitrogens is 1. The van der Waals surface area contributed by atoms with Gasteiger partial charge in [0.05, 0.1) is 24.8 Å². The van der Waals surface area contributed by atoms with Crippen molar-refractivity contribution in [2.45, 2.75) is 11.3 Å². The summed E-state index contributed by atoms with van der Waals surface area (Å²) in [5.41, 5.74) is 2.70. The molecule has 0 saturated heterocycles. The van der Waals surface area contributed by atoms with Crippen LogP contribution in [-0.4, -0.2) is 72.2 Å². The number of amides is 1. The Kier molecular flexibility index (Phi) is 8.89. The first-order valence-electron chi connectivity index (χ1n) is 12.4. The van der Waals surface area contributed by atoms with Gasteiger partial charge in [-0.3, -0.25) is 14.0 Å². The van der Waals surface area contributed by atoms with Crippen LogP contribution in [0.3, 0.4) is 0 Å². The largest absolute Gasteiger partial charge is 0.495 e. The number of anilines is 2. The molecule has 9 nitrogen and oxygen atoms in total. The Morgan fingerprint density at radius 2 is 1.65 bits per heavy atom. The molecule has 0 N–H and O–H groups in total. The number of hydrogen-bond donors (Lipinski definition) is 0. The number of para-hydroxylation sites is 1. The molecule has 0 saturated carbocycles. The van der Waals surface area contributed by atoms with Crippen molar-refractivity contribution in [2.75, 3.05) is 57.2 Å². The van der Waals surface area contributed by atoms with Crippen molar-refractivity contribution in [3.05, 3.63) is 71.8 Å². The third kappa shape index (κ3) is 5.46. The predicted molar refractivity (Wildman–Crippen MR) is 161 cm³/mol. The number of benzene rings is 3. The van der Waals surface area contributed by atoms with E-state index in [1.807, 2.05) is 49.3 Å². The summed E-state index contributed by atoms with van der Waals surface area (Å²) in [5, 5.41) is 0.505. The maximum atomic E-state index is 13.8. The second-order valence-electron chi connectivity index (χ2n) is 9.38. The van der Waals surface area contributed by atoms with E-state index in [0.29, 0.717) is 59.5 Å². The molecule has 40 heavy (non-hydrogen) atoms. The molecule has 0 unspecified atom stereocenters. The molecule has 0 bridgehead atoms. The van der Waals surface area contributed by atoms with Gasteiger partial charge in [-0.15, -0.1) is 12.4 Å². The van der Waals surface area contributed by atoms with Gasteiger partial charge in [-0.2, -0.15) is 0 Å². The SMILES string of the molecule is COc1ccc(OC)c2sc(N(CCN(C)C)C(=O)c3ccc(S(=O)(=O)N4CCc5ccccc54)cc3)nc12.Cl. The van der Waals surface area contributed by atoms with Gasteiger partial charge in [-0.1, -0.05) is 29.5 Å². The summed E-state index contributed by atoms with van der Waals surface area (Å²) in [7, 11) is 3.27. The predicted octanol–water partition coefficient (Wildman–Crippen LogP) is 4.70. The van der Waals surface area contributed by atoms with Crippen LogP contribution in [0.1, 0.15) is 15.9 Å². The number of sulfonamides is 1. The number of nitrogens with zero attached hydrogens (tertiary/aromatic N) is 4. The van der Waals surface area contributed by atoms with Gasteiger partial charge >= 0.3 is 0 Å². The molecule has 12 heteroatoms. The molecule has 212 valence electrons. The van der Waals surface area contributed by atoms with Crippen LogP contribution < -0.4 is 18.7 Å². The zero-order valence-corrected chi connectivity index (χ0v) is 25.1. The van der Waals surface area contributed by atoms with Crippen molar-refractivity contribution in [3.8, 4) is 11.5 Å². The monoisotopic (exact) mass is 602 g/mol. The van der Waals surface area contributed by atoms with E-state index in [4.69, 9.17) is 14.5 Å². The number of carbonyl (C=O) groups excluding carboxylic acids is 1. The maximum Gasteiger partial charge on any atom is 0.264 e. The van der Waals surface area contributed by atoms with Crippen LogP contribution in [-0.2, 0) is 16.4 Å². The highest BCUT2D eigenvalue weighted by atomic mass is 35.5. The van der Waals surface area contributed by atoms with E-state index in [1.165, 1.54) is 27.8 Å². The summed E-state index contributed by atoms with van der Waals surface area (Å²) in [6, 6.07) is 17.2. The van der Waals surface area contributed by atoms with Crippen LogP contribution in [0.5, 0.6) is 11.5 Å². The fourth-order valence-electron chi connectivity index (χ4n) is 4.58. The zero-order valence-electron chi connectivity index (χ0n) is 22.7. The van der Waals surface area contributed by atoms with Gasteiger partial charge in [-0.05, 0) is 68.5 Å². The number of halogens is 1. The summed E-state index contributed by atoms with van der Waals surface area (Å²) in [6.07, 6.45) is 0.671. The van der Waals surface area contributed by atoms with Crippen molar-refractivity contribution < 1.29 is 22.7 Å². The van der Waals surface area contributed by atoms with Crippen molar-refractivity contribution in [3.63, 3.8) is 0 Å². The molecule has 0 radical (unpaired) electrons. The molecule has 0 spiro atoms. The Morgan fingerprint density at radius 3 is 2.33 bits per heavy atom. The molecule has 0 fully saturated rings. The topological polar surface area (TPSA) is 92.3 Å². The van der Waals surface area contributed by atoms with Gasteiger partial charge in [0.25, 0.3) is 15.9 Å². The third-order valence-corrected chi connectivity index (χ3v) is 9.60. The highest BCUT2D eigenvalue weighted by Gasteiger charge is 2.31. The minimum Gasteiger partial charge on any atom is -0.495 e. The minimum atomic E-state index is -3.76. The van der Waals surface area contributed by atoms with Crippen LogP contribution >= 0.6 is 23.7 Å². The van der Waals surface area contributed by atoms with Crippen molar-refractivity contribution >= 4 is 60.7 Å². The molecule has 1 aliphatic heterocycles. The lowest BCUT2D eigenvalue weighted by atomic mass is 10.2. The van der Waals surface area contributed by atoms with Gasteiger partial charge in [0.2, 0.25) is 0 Å². The zero-order chi connectivity index (χ0) is 27.7. The van der Waals surface area contributed by atoms with Crippen LogP contribution in [0.2, 0.25) is 0 Å². The van der Waals surface area contributed by atoms with E-state index in [2.05, 4.69) is 0 Å². The van der Waals surface area contributed by atoms with Crippen LogP contribution in [0.4, 0.5) is 10.8 Å². The number of likely N-dealkylation sites (N-methyl/N-ethyl adjacent to an activating group) is 1. The lowest BCUT2D eigenvalue weighted by Crippen LogP contribution is -2.36. The van der Waals surface area contributed by atoms with Crippen molar-refractivity contribution in [1.29, 1.82) is 0 Å². The Hall–Kier alpha value is -3.38. The molecule has 0 atom stereocenters. The fraction of sp³-hybridized carbons (Fsp3) is 0.286. The number of hydrogen-bond acceptors (Lipinski definition) is 8. The molecule has 1 aromatic heterocycles. The quantitative estimate of drug-likeness (QED) is 0.274. The summed E-state index contributed by atoms with van der Waals surface area (Å²) < 4.78 is 40.1. The second kappa shape index (κ2) is 12.0.